The lowest BCUT2D eigenvalue weighted by Gasteiger charge is -2.07. The molecule has 2 aromatic carbocycles. The zero-order chi connectivity index (χ0) is 19.8. The lowest BCUT2D eigenvalue weighted by molar-refractivity contribution is -0.125. The first kappa shape index (κ1) is 19.8. The van der Waals surface area contributed by atoms with Gasteiger partial charge >= 0.3 is 0 Å². The average molecular weight is 395 g/mol. The molecular formula is C21H22N4O2S. The van der Waals surface area contributed by atoms with Crippen molar-refractivity contribution in [2.45, 2.75) is 31.6 Å². The summed E-state index contributed by atoms with van der Waals surface area (Å²) in [4.78, 5) is 24.3. The van der Waals surface area contributed by atoms with E-state index < -0.39 is 5.25 Å². The van der Waals surface area contributed by atoms with Crippen molar-refractivity contribution in [2.75, 3.05) is 0 Å². The maximum absolute atomic E-state index is 12.2. The van der Waals surface area contributed by atoms with Gasteiger partial charge in [-0.1, -0.05) is 79.3 Å². The van der Waals surface area contributed by atoms with Crippen molar-refractivity contribution in [1.82, 2.24) is 10.6 Å². The molecule has 1 heterocycles. The van der Waals surface area contributed by atoms with Gasteiger partial charge in [-0.3, -0.25) is 9.59 Å². The smallest absolute Gasteiger partial charge is 0.240 e. The van der Waals surface area contributed by atoms with Crippen LogP contribution < -0.4 is 10.6 Å². The Hall–Kier alpha value is -2.93. The number of nitrogens with zero attached hydrogens (tertiary/aromatic N) is 2. The highest BCUT2D eigenvalue weighted by atomic mass is 32.2. The number of thioether (sulfide) groups is 1. The third-order valence-electron chi connectivity index (χ3n) is 4.18. The van der Waals surface area contributed by atoms with Gasteiger partial charge in [-0.2, -0.15) is 5.10 Å². The lowest BCUT2D eigenvalue weighted by Crippen LogP contribution is -2.31. The first-order valence-corrected chi connectivity index (χ1v) is 10.0. The van der Waals surface area contributed by atoms with E-state index in [1.165, 1.54) is 11.8 Å². The molecule has 0 aromatic heterocycles. The fourth-order valence-corrected chi connectivity index (χ4v) is 3.61. The molecule has 28 heavy (non-hydrogen) atoms. The van der Waals surface area contributed by atoms with E-state index >= 15 is 0 Å². The van der Waals surface area contributed by atoms with Crippen LogP contribution in [-0.2, 0) is 16.1 Å². The van der Waals surface area contributed by atoms with Gasteiger partial charge in [-0.05, 0) is 17.5 Å². The van der Waals surface area contributed by atoms with Crippen molar-refractivity contribution in [3.8, 4) is 0 Å². The van der Waals surface area contributed by atoms with E-state index in [9.17, 15) is 9.59 Å². The SMILES string of the molecule is CC/C(=N\N=C1/NC(=O)[C@H](CC(=O)NCc2ccccc2)S1)c1ccccc1. The normalized spacial score (nSPS) is 18.2. The number of amides is 2. The number of carbonyl (C=O) groups is 2. The molecule has 0 spiro atoms. The van der Waals surface area contributed by atoms with Crippen LogP contribution in [0.2, 0.25) is 0 Å². The van der Waals surface area contributed by atoms with E-state index in [1.807, 2.05) is 67.6 Å². The summed E-state index contributed by atoms with van der Waals surface area (Å²) < 4.78 is 0. The Bertz CT molecular complexity index is 882. The van der Waals surface area contributed by atoms with E-state index in [0.29, 0.717) is 11.7 Å². The monoisotopic (exact) mass is 394 g/mol. The predicted molar refractivity (Wildman–Crippen MR) is 113 cm³/mol. The quantitative estimate of drug-likeness (QED) is 0.559. The standard InChI is InChI=1S/C21H22N4O2S/c1-2-17(16-11-7-4-8-12-16)24-25-21-23-20(27)18(28-21)13-19(26)22-14-15-9-5-3-6-10-15/h3-12,18H,2,13-14H2,1H3,(H,22,26)(H,23,25,27)/b24-17+/t18-/m0/s1. The summed E-state index contributed by atoms with van der Waals surface area (Å²) in [6.45, 7) is 2.45. The molecule has 0 aliphatic carbocycles. The second-order valence-corrected chi connectivity index (χ2v) is 7.43. The average Bonchev–Trinajstić information content (AvgIpc) is 3.07. The van der Waals surface area contributed by atoms with Crippen molar-refractivity contribution < 1.29 is 9.59 Å². The molecule has 1 fully saturated rings. The van der Waals surface area contributed by atoms with Crippen LogP contribution in [0, 0.1) is 0 Å². The van der Waals surface area contributed by atoms with E-state index in [0.717, 1.165) is 23.3 Å². The van der Waals surface area contributed by atoms with Crippen LogP contribution >= 0.6 is 11.8 Å². The molecule has 2 N–H and O–H groups in total. The van der Waals surface area contributed by atoms with Crippen LogP contribution in [-0.4, -0.2) is 27.9 Å². The zero-order valence-corrected chi connectivity index (χ0v) is 16.4. The van der Waals surface area contributed by atoms with Crippen molar-refractivity contribution in [2.24, 2.45) is 10.2 Å². The van der Waals surface area contributed by atoms with Gasteiger partial charge < -0.3 is 10.6 Å². The Labute approximate surface area is 168 Å². The van der Waals surface area contributed by atoms with Crippen LogP contribution in [0.3, 0.4) is 0 Å². The first-order valence-electron chi connectivity index (χ1n) is 9.13. The molecule has 1 atom stereocenters. The molecule has 1 aliphatic heterocycles. The molecule has 0 radical (unpaired) electrons. The Morgan fingerprint density at radius 3 is 2.46 bits per heavy atom. The molecule has 0 unspecified atom stereocenters. The van der Waals surface area contributed by atoms with Gasteiger partial charge in [0.15, 0.2) is 5.17 Å². The summed E-state index contributed by atoms with van der Waals surface area (Å²) in [5.41, 5.74) is 2.86. The Morgan fingerprint density at radius 1 is 1.11 bits per heavy atom. The highest BCUT2D eigenvalue weighted by Gasteiger charge is 2.32. The van der Waals surface area contributed by atoms with Crippen molar-refractivity contribution in [3.05, 3.63) is 71.8 Å². The Morgan fingerprint density at radius 2 is 1.79 bits per heavy atom. The molecule has 0 saturated carbocycles. The van der Waals surface area contributed by atoms with Gasteiger partial charge in [0.25, 0.3) is 0 Å². The fraction of sp³-hybridized carbons (Fsp3) is 0.238. The van der Waals surface area contributed by atoms with Crippen molar-refractivity contribution in [3.63, 3.8) is 0 Å². The van der Waals surface area contributed by atoms with E-state index in [2.05, 4.69) is 20.8 Å². The number of amidine groups is 1. The fourth-order valence-electron chi connectivity index (χ4n) is 2.69. The molecule has 0 bridgehead atoms. The number of rotatable bonds is 7. The van der Waals surface area contributed by atoms with Crippen LogP contribution in [0.15, 0.2) is 70.9 Å². The summed E-state index contributed by atoms with van der Waals surface area (Å²) >= 11 is 1.24. The summed E-state index contributed by atoms with van der Waals surface area (Å²) in [6.07, 6.45) is 0.829. The van der Waals surface area contributed by atoms with Crippen LogP contribution in [0.4, 0.5) is 0 Å². The molecule has 2 aromatic rings. The van der Waals surface area contributed by atoms with Gasteiger partial charge in [0.2, 0.25) is 11.8 Å². The Kier molecular flexibility index (Phi) is 6.97. The van der Waals surface area contributed by atoms with Gasteiger partial charge in [-0.15, -0.1) is 5.10 Å². The van der Waals surface area contributed by atoms with Crippen LogP contribution in [0.1, 0.15) is 30.9 Å². The van der Waals surface area contributed by atoms with Gasteiger partial charge in [0.05, 0.1) is 5.71 Å². The number of benzene rings is 2. The molecule has 7 heteroatoms. The highest BCUT2D eigenvalue weighted by Crippen LogP contribution is 2.22. The second-order valence-electron chi connectivity index (χ2n) is 6.23. The molecule has 144 valence electrons. The van der Waals surface area contributed by atoms with Gasteiger partial charge in [0.1, 0.15) is 5.25 Å². The topological polar surface area (TPSA) is 82.9 Å². The maximum Gasteiger partial charge on any atom is 0.240 e. The first-order chi connectivity index (χ1) is 13.7. The van der Waals surface area contributed by atoms with Crippen molar-refractivity contribution >= 4 is 34.5 Å². The Balaban J connectivity index is 1.56. The minimum absolute atomic E-state index is 0.103. The molecule has 3 rings (SSSR count). The minimum Gasteiger partial charge on any atom is -0.352 e. The molecular weight excluding hydrogens is 372 g/mol. The number of nitrogens with one attached hydrogen (secondary N) is 2. The van der Waals surface area contributed by atoms with E-state index in [4.69, 9.17) is 0 Å². The second kappa shape index (κ2) is 9.85. The number of hydrogen-bond acceptors (Lipinski definition) is 5. The maximum atomic E-state index is 12.2. The van der Waals surface area contributed by atoms with Crippen molar-refractivity contribution in [1.29, 1.82) is 0 Å². The lowest BCUT2D eigenvalue weighted by atomic mass is 10.1. The third kappa shape index (κ3) is 5.53. The van der Waals surface area contributed by atoms with Gasteiger partial charge in [0, 0.05) is 13.0 Å². The zero-order valence-electron chi connectivity index (χ0n) is 15.6. The van der Waals surface area contributed by atoms with E-state index in [1.54, 1.807) is 0 Å². The largest absolute Gasteiger partial charge is 0.352 e. The predicted octanol–water partition coefficient (Wildman–Crippen LogP) is 3.09. The minimum atomic E-state index is -0.494. The molecule has 2 amide bonds. The summed E-state index contributed by atoms with van der Waals surface area (Å²) in [7, 11) is 0. The molecule has 1 aliphatic rings. The van der Waals surface area contributed by atoms with E-state index in [-0.39, 0.29) is 18.2 Å². The summed E-state index contributed by atoms with van der Waals surface area (Å²) in [6, 6.07) is 19.4. The number of carbonyl (C=O) groups excluding carboxylic acids is 2. The van der Waals surface area contributed by atoms with Crippen LogP contribution in [0.5, 0.6) is 0 Å². The third-order valence-corrected chi connectivity index (χ3v) is 5.26. The molecule has 1 saturated heterocycles. The van der Waals surface area contributed by atoms with Gasteiger partial charge in [-0.25, -0.2) is 0 Å². The molecule has 6 nitrogen and oxygen atoms in total. The number of hydrogen-bond donors (Lipinski definition) is 2. The summed E-state index contributed by atoms with van der Waals surface area (Å²) in [5.74, 6) is -0.383. The van der Waals surface area contributed by atoms with Crippen LogP contribution in [0.25, 0.3) is 0 Å². The summed E-state index contributed by atoms with van der Waals surface area (Å²) in [5, 5.41) is 13.9. The highest BCUT2D eigenvalue weighted by molar-refractivity contribution is 8.15.